The fraction of sp³-hybridized carbons (Fsp3) is 0.125. The van der Waals surface area contributed by atoms with Gasteiger partial charge in [-0.1, -0.05) is 6.07 Å². The number of hydrogen-bond acceptors (Lipinski definition) is 4. The molecule has 3 aromatic rings. The molecule has 2 N–H and O–H groups in total. The quantitative estimate of drug-likeness (QED) is 0.750. The zero-order valence-corrected chi connectivity index (χ0v) is 11.6. The minimum atomic E-state index is -0.370. The smallest absolute Gasteiger partial charge is 0.150 e. The molecule has 0 aliphatic heterocycles. The average Bonchev–Trinajstić information content (AvgIpc) is 2.48. The van der Waals surface area contributed by atoms with E-state index >= 15 is 0 Å². The van der Waals surface area contributed by atoms with E-state index < -0.39 is 0 Å². The van der Waals surface area contributed by atoms with E-state index in [0.717, 1.165) is 10.9 Å². The molecule has 1 aromatic carbocycles. The minimum absolute atomic E-state index is 0.370. The number of nitrogens with zero attached hydrogens (tertiary/aromatic N) is 3. The third kappa shape index (κ3) is 2.50. The maximum atomic E-state index is 14.4. The fourth-order valence-electron chi connectivity index (χ4n) is 2.43. The molecule has 106 valence electrons. The SMILES string of the molecule is CN(Cc1cccnc1)c1c(F)cc(N)c2cccnc12. The molecular formula is C16H15FN4. The number of benzene rings is 1. The van der Waals surface area contributed by atoms with Gasteiger partial charge >= 0.3 is 0 Å². The first-order chi connectivity index (χ1) is 10.2. The Balaban J connectivity index is 2.07. The summed E-state index contributed by atoms with van der Waals surface area (Å²) in [6.07, 6.45) is 5.12. The number of nitrogens with two attached hydrogens (primary N) is 1. The molecule has 0 fully saturated rings. The van der Waals surface area contributed by atoms with Gasteiger partial charge < -0.3 is 10.6 Å². The summed E-state index contributed by atoms with van der Waals surface area (Å²) >= 11 is 0. The molecule has 5 heteroatoms. The molecule has 0 atom stereocenters. The fourth-order valence-corrected chi connectivity index (χ4v) is 2.43. The van der Waals surface area contributed by atoms with Gasteiger partial charge in [-0.15, -0.1) is 0 Å². The number of pyridine rings is 2. The molecule has 21 heavy (non-hydrogen) atoms. The number of nitrogen functional groups attached to an aromatic ring is 1. The van der Waals surface area contributed by atoms with Crippen LogP contribution in [-0.2, 0) is 6.54 Å². The maximum absolute atomic E-state index is 14.4. The van der Waals surface area contributed by atoms with Crippen LogP contribution in [0.1, 0.15) is 5.56 Å². The van der Waals surface area contributed by atoms with Crippen molar-refractivity contribution < 1.29 is 4.39 Å². The highest BCUT2D eigenvalue weighted by atomic mass is 19.1. The number of anilines is 2. The van der Waals surface area contributed by atoms with E-state index in [1.165, 1.54) is 6.07 Å². The number of hydrogen-bond donors (Lipinski definition) is 1. The molecule has 0 amide bonds. The third-order valence-electron chi connectivity index (χ3n) is 3.38. The van der Waals surface area contributed by atoms with Gasteiger partial charge in [-0.05, 0) is 29.8 Å². The van der Waals surface area contributed by atoms with Crippen LogP contribution in [0.3, 0.4) is 0 Å². The van der Waals surface area contributed by atoms with Crippen molar-refractivity contribution in [3.8, 4) is 0 Å². The topological polar surface area (TPSA) is 55.0 Å². The second-order valence-corrected chi connectivity index (χ2v) is 4.91. The predicted octanol–water partition coefficient (Wildman–Crippen LogP) is 2.99. The molecule has 0 bridgehead atoms. The summed E-state index contributed by atoms with van der Waals surface area (Å²) in [4.78, 5) is 10.2. The molecule has 0 unspecified atom stereocenters. The van der Waals surface area contributed by atoms with Crippen LogP contribution in [0.2, 0.25) is 0 Å². The molecule has 0 saturated carbocycles. The third-order valence-corrected chi connectivity index (χ3v) is 3.38. The van der Waals surface area contributed by atoms with Gasteiger partial charge in [-0.3, -0.25) is 9.97 Å². The Morgan fingerprint density at radius 2 is 2.05 bits per heavy atom. The van der Waals surface area contributed by atoms with Gasteiger partial charge in [0, 0.05) is 43.3 Å². The van der Waals surface area contributed by atoms with Crippen molar-refractivity contribution in [2.24, 2.45) is 0 Å². The summed E-state index contributed by atoms with van der Waals surface area (Å²) in [7, 11) is 1.83. The van der Waals surface area contributed by atoms with Crippen LogP contribution in [0.15, 0.2) is 48.9 Å². The summed E-state index contributed by atoms with van der Waals surface area (Å²) in [5, 5.41) is 0.756. The number of aromatic nitrogens is 2. The Labute approximate surface area is 122 Å². The van der Waals surface area contributed by atoms with Crippen molar-refractivity contribution in [3.05, 3.63) is 60.3 Å². The first-order valence-electron chi connectivity index (χ1n) is 6.59. The van der Waals surface area contributed by atoms with Crippen LogP contribution >= 0.6 is 0 Å². The molecule has 0 aliphatic carbocycles. The lowest BCUT2D eigenvalue weighted by molar-refractivity contribution is 0.624. The lowest BCUT2D eigenvalue weighted by Gasteiger charge is -2.21. The Hall–Kier alpha value is -2.69. The maximum Gasteiger partial charge on any atom is 0.150 e. The Morgan fingerprint density at radius 1 is 1.24 bits per heavy atom. The minimum Gasteiger partial charge on any atom is -0.398 e. The summed E-state index contributed by atoms with van der Waals surface area (Å²) in [6, 6.07) is 8.80. The predicted molar refractivity (Wildman–Crippen MR) is 82.5 cm³/mol. The van der Waals surface area contributed by atoms with E-state index in [-0.39, 0.29) is 5.82 Å². The van der Waals surface area contributed by atoms with Crippen LogP contribution in [0.25, 0.3) is 10.9 Å². The molecule has 2 aromatic heterocycles. The number of rotatable bonds is 3. The van der Waals surface area contributed by atoms with Crippen molar-refractivity contribution in [1.82, 2.24) is 9.97 Å². The summed E-state index contributed by atoms with van der Waals surface area (Å²) < 4.78 is 14.4. The van der Waals surface area contributed by atoms with Gasteiger partial charge in [-0.25, -0.2) is 4.39 Å². The first kappa shape index (κ1) is 13.3. The highest BCUT2D eigenvalue weighted by Crippen LogP contribution is 2.32. The van der Waals surface area contributed by atoms with E-state index in [4.69, 9.17) is 5.73 Å². The van der Waals surface area contributed by atoms with Crippen molar-refractivity contribution in [2.45, 2.75) is 6.54 Å². The average molecular weight is 282 g/mol. The van der Waals surface area contributed by atoms with Gasteiger partial charge in [0.05, 0.1) is 11.2 Å². The van der Waals surface area contributed by atoms with Crippen molar-refractivity contribution in [1.29, 1.82) is 0 Å². The van der Waals surface area contributed by atoms with Gasteiger partial charge in [0.15, 0.2) is 5.82 Å². The summed E-state index contributed by atoms with van der Waals surface area (Å²) in [5.41, 5.74) is 8.29. The monoisotopic (exact) mass is 282 g/mol. The number of fused-ring (bicyclic) bond motifs is 1. The summed E-state index contributed by atoms with van der Waals surface area (Å²) in [6.45, 7) is 0.542. The van der Waals surface area contributed by atoms with E-state index in [2.05, 4.69) is 9.97 Å². The molecular weight excluding hydrogens is 267 g/mol. The van der Waals surface area contributed by atoms with Crippen LogP contribution in [0, 0.1) is 5.82 Å². The van der Waals surface area contributed by atoms with Crippen LogP contribution < -0.4 is 10.6 Å². The lowest BCUT2D eigenvalue weighted by Crippen LogP contribution is -2.18. The zero-order valence-electron chi connectivity index (χ0n) is 11.6. The van der Waals surface area contributed by atoms with E-state index in [9.17, 15) is 4.39 Å². The van der Waals surface area contributed by atoms with E-state index in [1.807, 2.05) is 30.1 Å². The van der Waals surface area contributed by atoms with Crippen LogP contribution in [0.4, 0.5) is 15.8 Å². The van der Waals surface area contributed by atoms with Gasteiger partial charge in [0.1, 0.15) is 0 Å². The molecule has 0 aliphatic rings. The van der Waals surface area contributed by atoms with Gasteiger partial charge in [-0.2, -0.15) is 0 Å². The van der Waals surface area contributed by atoms with Gasteiger partial charge in [0.25, 0.3) is 0 Å². The highest BCUT2D eigenvalue weighted by Gasteiger charge is 2.15. The van der Waals surface area contributed by atoms with Crippen LogP contribution in [-0.4, -0.2) is 17.0 Å². The van der Waals surface area contributed by atoms with Crippen molar-refractivity contribution in [2.75, 3.05) is 17.7 Å². The first-order valence-corrected chi connectivity index (χ1v) is 6.59. The van der Waals surface area contributed by atoms with Crippen molar-refractivity contribution in [3.63, 3.8) is 0 Å². The second-order valence-electron chi connectivity index (χ2n) is 4.91. The standard InChI is InChI=1S/C16H15FN4/c1-21(10-11-4-2-6-19-9-11)16-13(17)8-14(18)12-5-3-7-20-15(12)16/h2-9H,10,18H2,1H3. The summed E-state index contributed by atoms with van der Waals surface area (Å²) in [5.74, 6) is -0.370. The number of halogens is 1. The Bertz CT molecular complexity index is 774. The molecule has 4 nitrogen and oxygen atoms in total. The normalized spacial score (nSPS) is 10.8. The molecule has 3 rings (SSSR count). The van der Waals surface area contributed by atoms with Crippen LogP contribution in [0.5, 0.6) is 0 Å². The zero-order chi connectivity index (χ0) is 14.8. The second kappa shape index (κ2) is 5.36. The Morgan fingerprint density at radius 3 is 2.81 bits per heavy atom. The molecule has 0 radical (unpaired) electrons. The van der Waals surface area contributed by atoms with Crippen molar-refractivity contribution >= 4 is 22.3 Å². The molecule has 0 saturated heterocycles. The molecule has 2 heterocycles. The van der Waals surface area contributed by atoms with E-state index in [0.29, 0.717) is 23.4 Å². The largest absolute Gasteiger partial charge is 0.398 e. The highest BCUT2D eigenvalue weighted by molar-refractivity contribution is 5.98. The molecule has 0 spiro atoms. The van der Waals surface area contributed by atoms with Gasteiger partial charge in [0.2, 0.25) is 0 Å². The van der Waals surface area contributed by atoms with E-state index in [1.54, 1.807) is 24.7 Å². The Kier molecular flexibility index (Phi) is 3.39. The lowest BCUT2D eigenvalue weighted by atomic mass is 10.1.